The van der Waals surface area contributed by atoms with Gasteiger partial charge in [-0.3, -0.25) is 4.99 Å². The largest absolute Gasteiger partial charge is 0.450 e. The first-order valence-corrected chi connectivity index (χ1v) is 8.98. The molecule has 1 N–H and O–H groups in total. The molecule has 7 heteroatoms. The molecule has 0 aromatic heterocycles. The Balaban J connectivity index is 2.28. The highest BCUT2D eigenvalue weighted by Crippen LogP contribution is 2.04. The number of carbonyl (C=O) groups excluding carboxylic acids is 1. The summed E-state index contributed by atoms with van der Waals surface area (Å²) in [7, 11) is 1.81. The summed E-state index contributed by atoms with van der Waals surface area (Å²) < 4.78 is 5.03. The Kier molecular flexibility index (Phi) is 9.05. The minimum atomic E-state index is -0.211. The Morgan fingerprint density at radius 2 is 1.90 bits per heavy atom. The molecule has 21 heavy (non-hydrogen) atoms. The summed E-state index contributed by atoms with van der Waals surface area (Å²) in [6, 6.07) is 0. The minimum Gasteiger partial charge on any atom is -0.450 e. The van der Waals surface area contributed by atoms with Gasteiger partial charge in [0.2, 0.25) is 0 Å². The number of hydrogen-bond donors (Lipinski definition) is 1. The topological polar surface area (TPSA) is 57.2 Å². The summed E-state index contributed by atoms with van der Waals surface area (Å²) >= 11 is 1.88. The second-order valence-corrected chi connectivity index (χ2v) is 5.83. The van der Waals surface area contributed by atoms with Crippen molar-refractivity contribution >= 4 is 23.8 Å². The van der Waals surface area contributed by atoms with Crippen molar-refractivity contribution in [2.45, 2.75) is 19.8 Å². The Morgan fingerprint density at radius 3 is 2.48 bits per heavy atom. The number of carbonyl (C=O) groups is 1. The molecule has 122 valence electrons. The Morgan fingerprint density at radius 1 is 1.24 bits per heavy atom. The molecule has 1 fully saturated rings. The molecule has 1 aliphatic rings. The third-order valence-corrected chi connectivity index (χ3v) is 4.07. The smallest absolute Gasteiger partial charge is 0.409 e. The number of hydrogen-bond acceptors (Lipinski definition) is 4. The summed E-state index contributed by atoms with van der Waals surface area (Å²) in [5.74, 6) is 2.14. The van der Waals surface area contributed by atoms with Crippen molar-refractivity contribution in [3.63, 3.8) is 0 Å². The maximum absolute atomic E-state index is 11.7. The van der Waals surface area contributed by atoms with Crippen molar-refractivity contribution in [2.75, 3.05) is 58.4 Å². The number of guanidine groups is 1. The van der Waals surface area contributed by atoms with Gasteiger partial charge in [0, 0.05) is 39.8 Å². The summed E-state index contributed by atoms with van der Waals surface area (Å²) in [6.07, 6.45) is 4.30. The van der Waals surface area contributed by atoms with Gasteiger partial charge in [-0.05, 0) is 31.8 Å². The van der Waals surface area contributed by atoms with Crippen LogP contribution in [0.3, 0.4) is 0 Å². The van der Waals surface area contributed by atoms with Gasteiger partial charge >= 0.3 is 6.09 Å². The van der Waals surface area contributed by atoms with Gasteiger partial charge in [-0.25, -0.2) is 4.79 Å². The maximum atomic E-state index is 11.7. The van der Waals surface area contributed by atoms with Crippen LogP contribution in [0.5, 0.6) is 0 Å². The van der Waals surface area contributed by atoms with Crippen LogP contribution in [0.15, 0.2) is 4.99 Å². The number of rotatable bonds is 6. The van der Waals surface area contributed by atoms with E-state index in [9.17, 15) is 4.79 Å². The standard InChI is InChI=1S/C14H28N4O2S/c1-4-20-14(19)18-10-8-17(9-11-18)13(15-2)16-7-5-6-12-21-3/h4-12H2,1-3H3,(H,15,16). The van der Waals surface area contributed by atoms with E-state index in [2.05, 4.69) is 21.5 Å². The lowest BCUT2D eigenvalue weighted by atomic mass is 10.3. The van der Waals surface area contributed by atoms with Gasteiger partial charge in [0.1, 0.15) is 0 Å². The molecular weight excluding hydrogens is 288 g/mol. The predicted octanol–water partition coefficient (Wildman–Crippen LogP) is 1.48. The normalized spacial score (nSPS) is 16.0. The van der Waals surface area contributed by atoms with Crippen LogP contribution in [-0.2, 0) is 4.74 Å². The van der Waals surface area contributed by atoms with Gasteiger partial charge in [0.05, 0.1) is 6.61 Å². The third kappa shape index (κ3) is 6.46. The van der Waals surface area contributed by atoms with Crippen LogP contribution >= 0.6 is 11.8 Å². The lowest BCUT2D eigenvalue weighted by molar-refractivity contribution is 0.0914. The van der Waals surface area contributed by atoms with Crippen LogP contribution in [0.25, 0.3) is 0 Å². The molecule has 0 saturated carbocycles. The number of amides is 1. The SMILES string of the molecule is CCOC(=O)N1CCN(C(=NC)NCCCCSC)CC1. The van der Waals surface area contributed by atoms with Crippen LogP contribution in [0.1, 0.15) is 19.8 Å². The van der Waals surface area contributed by atoms with Crippen LogP contribution in [0.4, 0.5) is 4.79 Å². The van der Waals surface area contributed by atoms with E-state index >= 15 is 0 Å². The molecule has 0 spiro atoms. The predicted molar refractivity (Wildman–Crippen MR) is 89.1 cm³/mol. The highest BCUT2D eigenvalue weighted by atomic mass is 32.2. The zero-order valence-electron chi connectivity index (χ0n) is 13.4. The van der Waals surface area contributed by atoms with Crippen molar-refractivity contribution in [3.05, 3.63) is 0 Å². The zero-order chi connectivity index (χ0) is 15.5. The lowest BCUT2D eigenvalue weighted by Crippen LogP contribution is -2.54. The summed E-state index contributed by atoms with van der Waals surface area (Å²) in [4.78, 5) is 19.9. The first-order valence-electron chi connectivity index (χ1n) is 7.59. The zero-order valence-corrected chi connectivity index (χ0v) is 14.2. The maximum Gasteiger partial charge on any atom is 0.409 e. The van der Waals surface area contributed by atoms with Gasteiger partial charge in [-0.2, -0.15) is 11.8 Å². The number of aliphatic imine (C=N–C) groups is 1. The van der Waals surface area contributed by atoms with Gasteiger partial charge in [0.15, 0.2) is 5.96 Å². The molecular formula is C14H28N4O2S. The molecule has 0 atom stereocenters. The molecule has 1 saturated heterocycles. The van der Waals surface area contributed by atoms with E-state index in [1.807, 2.05) is 25.7 Å². The molecule has 0 bridgehead atoms. The molecule has 1 amide bonds. The van der Waals surface area contributed by atoms with Crippen LogP contribution < -0.4 is 5.32 Å². The second kappa shape index (κ2) is 10.6. The fourth-order valence-corrected chi connectivity index (χ4v) is 2.71. The first kappa shape index (κ1) is 17.9. The monoisotopic (exact) mass is 316 g/mol. The third-order valence-electron chi connectivity index (χ3n) is 3.38. The number of ether oxygens (including phenoxy) is 1. The Hall–Kier alpha value is -1.11. The first-order chi connectivity index (χ1) is 10.2. The molecule has 1 aliphatic heterocycles. The molecule has 0 aromatic rings. The molecule has 1 heterocycles. The fraction of sp³-hybridized carbons (Fsp3) is 0.857. The van der Waals surface area contributed by atoms with Gasteiger partial charge in [-0.1, -0.05) is 0 Å². The van der Waals surface area contributed by atoms with Crippen molar-refractivity contribution in [3.8, 4) is 0 Å². The van der Waals surface area contributed by atoms with Gasteiger partial charge < -0.3 is 19.9 Å². The molecule has 0 unspecified atom stereocenters. The minimum absolute atomic E-state index is 0.211. The summed E-state index contributed by atoms with van der Waals surface area (Å²) in [5, 5.41) is 3.40. The van der Waals surface area contributed by atoms with E-state index in [0.29, 0.717) is 19.7 Å². The van der Waals surface area contributed by atoms with E-state index in [1.54, 1.807) is 4.90 Å². The van der Waals surface area contributed by atoms with Crippen LogP contribution in [-0.4, -0.2) is 80.2 Å². The van der Waals surface area contributed by atoms with Crippen molar-refractivity contribution in [2.24, 2.45) is 4.99 Å². The van der Waals surface area contributed by atoms with E-state index in [0.717, 1.165) is 32.0 Å². The fourth-order valence-electron chi connectivity index (χ4n) is 2.22. The quantitative estimate of drug-likeness (QED) is 0.457. The van der Waals surface area contributed by atoms with E-state index in [-0.39, 0.29) is 6.09 Å². The van der Waals surface area contributed by atoms with E-state index in [4.69, 9.17) is 4.74 Å². The average molecular weight is 316 g/mol. The van der Waals surface area contributed by atoms with Gasteiger partial charge in [-0.15, -0.1) is 0 Å². The van der Waals surface area contributed by atoms with E-state index < -0.39 is 0 Å². The number of nitrogens with zero attached hydrogens (tertiary/aromatic N) is 3. The van der Waals surface area contributed by atoms with Crippen LogP contribution in [0.2, 0.25) is 0 Å². The second-order valence-electron chi connectivity index (χ2n) is 4.85. The molecule has 6 nitrogen and oxygen atoms in total. The highest BCUT2D eigenvalue weighted by molar-refractivity contribution is 7.98. The number of thioether (sulfide) groups is 1. The lowest BCUT2D eigenvalue weighted by Gasteiger charge is -2.35. The average Bonchev–Trinajstić information content (AvgIpc) is 2.51. The number of piperazine rings is 1. The van der Waals surface area contributed by atoms with Crippen molar-refractivity contribution in [1.29, 1.82) is 0 Å². The molecule has 0 radical (unpaired) electrons. The Labute approximate surface area is 132 Å². The summed E-state index contributed by atoms with van der Waals surface area (Å²) in [5.41, 5.74) is 0. The summed E-state index contributed by atoms with van der Waals surface area (Å²) in [6.45, 7) is 6.17. The number of unbranched alkanes of at least 4 members (excludes halogenated alkanes) is 1. The molecule has 1 rings (SSSR count). The Bertz CT molecular complexity index is 331. The van der Waals surface area contributed by atoms with Gasteiger partial charge in [0.25, 0.3) is 0 Å². The molecule has 0 aromatic carbocycles. The van der Waals surface area contributed by atoms with Crippen molar-refractivity contribution < 1.29 is 9.53 Å². The van der Waals surface area contributed by atoms with E-state index in [1.165, 1.54) is 12.2 Å². The van der Waals surface area contributed by atoms with Crippen molar-refractivity contribution in [1.82, 2.24) is 15.1 Å². The molecule has 0 aliphatic carbocycles. The van der Waals surface area contributed by atoms with Crippen LogP contribution in [0, 0.1) is 0 Å². The number of nitrogens with one attached hydrogen (secondary N) is 1. The highest BCUT2D eigenvalue weighted by Gasteiger charge is 2.23.